The fourth-order valence-corrected chi connectivity index (χ4v) is 3.28. The predicted octanol–water partition coefficient (Wildman–Crippen LogP) is 1.71. The van der Waals surface area contributed by atoms with Crippen molar-refractivity contribution in [3.8, 4) is 11.8 Å². The summed E-state index contributed by atoms with van der Waals surface area (Å²) in [5.41, 5.74) is 0.968. The number of hydrogen-bond donors (Lipinski definition) is 0. The van der Waals surface area contributed by atoms with Crippen LogP contribution in [0.5, 0.6) is 5.75 Å². The number of hydrogen-bond acceptors (Lipinski definition) is 4. The molecule has 1 aliphatic carbocycles. The summed E-state index contributed by atoms with van der Waals surface area (Å²) < 4.78 is 5.08. The molecule has 0 N–H and O–H groups in total. The molecule has 2 atom stereocenters. The first-order valence-electron chi connectivity index (χ1n) is 6.84. The Hall–Kier alpha value is -2.35. The van der Waals surface area contributed by atoms with Crippen molar-refractivity contribution in [3.05, 3.63) is 29.3 Å². The highest BCUT2D eigenvalue weighted by atomic mass is 16.5. The van der Waals surface area contributed by atoms with E-state index in [-0.39, 0.29) is 35.6 Å². The number of amides is 2. The molecule has 0 spiro atoms. The van der Waals surface area contributed by atoms with Gasteiger partial charge in [0, 0.05) is 0 Å². The van der Waals surface area contributed by atoms with Gasteiger partial charge in [-0.2, -0.15) is 5.26 Å². The van der Waals surface area contributed by atoms with Gasteiger partial charge in [-0.1, -0.05) is 19.9 Å². The summed E-state index contributed by atoms with van der Waals surface area (Å²) in [6, 6.07) is 7.17. The number of carbonyl (C=O) groups is 2. The van der Waals surface area contributed by atoms with Crippen molar-refractivity contribution in [1.29, 1.82) is 5.26 Å². The van der Waals surface area contributed by atoms with Gasteiger partial charge in [-0.05, 0) is 23.1 Å². The number of methoxy groups -OCH3 is 1. The molecule has 5 nitrogen and oxygen atoms in total. The lowest BCUT2D eigenvalue weighted by atomic mass is 10.0. The number of ether oxygens (including phenoxy) is 1. The molecular weight excluding hydrogens is 268 g/mol. The van der Waals surface area contributed by atoms with Crippen LogP contribution in [0.1, 0.15) is 25.0 Å². The van der Waals surface area contributed by atoms with Gasteiger partial charge < -0.3 is 4.74 Å². The van der Waals surface area contributed by atoms with E-state index >= 15 is 0 Å². The summed E-state index contributed by atoms with van der Waals surface area (Å²) in [6.07, 6.45) is 0. The van der Waals surface area contributed by atoms with E-state index in [1.165, 1.54) is 12.0 Å². The van der Waals surface area contributed by atoms with Crippen LogP contribution >= 0.6 is 0 Å². The second kappa shape index (κ2) is 4.32. The molecule has 1 aromatic rings. The minimum absolute atomic E-state index is 0.0932. The highest BCUT2D eigenvalue weighted by molar-refractivity contribution is 6.10. The quantitative estimate of drug-likeness (QED) is 0.792. The van der Waals surface area contributed by atoms with Gasteiger partial charge in [0.05, 0.1) is 31.1 Å². The fraction of sp³-hybridized carbons (Fsp3) is 0.438. The van der Waals surface area contributed by atoms with Gasteiger partial charge in [-0.15, -0.1) is 0 Å². The molecule has 2 fully saturated rings. The summed E-state index contributed by atoms with van der Waals surface area (Å²) in [5.74, 6) is -0.0321. The molecular formula is C16H16N2O3. The van der Waals surface area contributed by atoms with Gasteiger partial charge in [0.15, 0.2) is 0 Å². The fourth-order valence-electron chi connectivity index (χ4n) is 3.28. The first-order valence-corrected chi connectivity index (χ1v) is 6.84. The van der Waals surface area contributed by atoms with Crippen molar-refractivity contribution >= 4 is 11.8 Å². The van der Waals surface area contributed by atoms with Crippen LogP contribution < -0.4 is 4.74 Å². The second-order valence-electron chi connectivity index (χ2n) is 6.19. The van der Waals surface area contributed by atoms with Gasteiger partial charge in [0.2, 0.25) is 11.8 Å². The molecule has 0 aromatic heterocycles. The molecule has 5 heteroatoms. The Bertz CT molecular complexity index is 663. The van der Waals surface area contributed by atoms with E-state index < -0.39 is 0 Å². The lowest BCUT2D eigenvalue weighted by Gasteiger charge is -2.20. The topological polar surface area (TPSA) is 70.4 Å². The van der Waals surface area contributed by atoms with Gasteiger partial charge in [0.1, 0.15) is 11.8 Å². The van der Waals surface area contributed by atoms with Crippen molar-refractivity contribution in [2.24, 2.45) is 17.3 Å². The third kappa shape index (κ3) is 1.83. The molecule has 2 unspecified atom stereocenters. The molecule has 21 heavy (non-hydrogen) atoms. The van der Waals surface area contributed by atoms with Crippen LogP contribution in [0.25, 0.3) is 0 Å². The Morgan fingerprint density at radius 2 is 1.90 bits per heavy atom. The van der Waals surface area contributed by atoms with E-state index in [0.717, 1.165) is 5.56 Å². The first kappa shape index (κ1) is 13.6. The minimum Gasteiger partial charge on any atom is -0.495 e. The lowest BCUT2D eigenvalue weighted by molar-refractivity contribution is -0.143. The second-order valence-corrected chi connectivity index (χ2v) is 6.19. The number of benzene rings is 1. The summed E-state index contributed by atoms with van der Waals surface area (Å²) >= 11 is 0. The lowest BCUT2D eigenvalue weighted by Crippen LogP contribution is -2.35. The average molecular weight is 284 g/mol. The molecule has 1 aromatic carbocycles. The molecule has 1 aliphatic heterocycles. The zero-order chi connectivity index (χ0) is 15.4. The van der Waals surface area contributed by atoms with Crippen LogP contribution in [0.3, 0.4) is 0 Å². The van der Waals surface area contributed by atoms with Crippen LogP contribution in [0.15, 0.2) is 18.2 Å². The maximum absolute atomic E-state index is 12.3. The SMILES string of the molecule is COc1ccc(CN2C(=O)C3C(C2=O)C3(C)C)cc1C#N. The molecule has 3 rings (SSSR count). The Labute approximate surface area is 123 Å². The number of carbonyl (C=O) groups excluding carboxylic acids is 2. The number of likely N-dealkylation sites (tertiary alicyclic amines) is 1. The Balaban J connectivity index is 1.82. The third-order valence-electron chi connectivity index (χ3n) is 4.62. The van der Waals surface area contributed by atoms with Gasteiger partial charge in [-0.25, -0.2) is 0 Å². The number of nitriles is 1. The molecule has 108 valence electrons. The van der Waals surface area contributed by atoms with Crippen LogP contribution in [0, 0.1) is 28.6 Å². The number of imide groups is 1. The van der Waals surface area contributed by atoms with Gasteiger partial charge in [-0.3, -0.25) is 14.5 Å². The van der Waals surface area contributed by atoms with Crippen LogP contribution in [0.4, 0.5) is 0 Å². The minimum atomic E-state index is -0.192. The van der Waals surface area contributed by atoms with Crippen molar-refractivity contribution in [3.63, 3.8) is 0 Å². The van der Waals surface area contributed by atoms with Crippen molar-refractivity contribution in [2.75, 3.05) is 7.11 Å². The zero-order valence-corrected chi connectivity index (χ0v) is 12.2. The predicted molar refractivity (Wildman–Crippen MR) is 74.0 cm³/mol. The normalized spacial score (nSPS) is 25.5. The third-order valence-corrected chi connectivity index (χ3v) is 4.62. The molecule has 0 radical (unpaired) electrons. The van der Waals surface area contributed by atoms with E-state index in [1.54, 1.807) is 18.2 Å². The van der Waals surface area contributed by atoms with Crippen LogP contribution in [-0.2, 0) is 16.1 Å². The summed E-state index contributed by atoms with van der Waals surface area (Å²) in [5, 5.41) is 9.08. The molecule has 1 saturated heterocycles. The summed E-state index contributed by atoms with van der Waals surface area (Å²) in [4.78, 5) is 25.8. The van der Waals surface area contributed by atoms with Crippen molar-refractivity contribution in [2.45, 2.75) is 20.4 Å². The smallest absolute Gasteiger partial charge is 0.233 e. The largest absolute Gasteiger partial charge is 0.495 e. The molecule has 2 amide bonds. The van der Waals surface area contributed by atoms with E-state index in [2.05, 4.69) is 6.07 Å². The van der Waals surface area contributed by atoms with Crippen molar-refractivity contribution in [1.82, 2.24) is 4.90 Å². The Morgan fingerprint density at radius 3 is 2.43 bits per heavy atom. The number of nitrogens with zero attached hydrogens (tertiary/aromatic N) is 2. The molecule has 1 saturated carbocycles. The van der Waals surface area contributed by atoms with E-state index in [0.29, 0.717) is 11.3 Å². The summed E-state index contributed by atoms with van der Waals surface area (Å²) in [7, 11) is 1.50. The number of rotatable bonds is 3. The van der Waals surface area contributed by atoms with E-state index in [1.807, 2.05) is 13.8 Å². The van der Waals surface area contributed by atoms with E-state index in [4.69, 9.17) is 10.00 Å². The van der Waals surface area contributed by atoms with Crippen LogP contribution in [-0.4, -0.2) is 23.8 Å². The Kier molecular flexibility index (Phi) is 2.80. The highest BCUT2D eigenvalue weighted by Crippen LogP contribution is 2.63. The zero-order valence-electron chi connectivity index (χ0n) is 12.2. The summed E-state index contributed by atoms with van der Waals surface area (Å²) in [6.45, 7) is 4.13. The van der Waals surface area contributed by atoms with Crippen LogP contribution in [0.2, 0.25) is 0 Å². The van der Waals surface area contributed by atoms with Gasteiger partial charge in [0.25, 0.3) is 0 Å². The molecule has 1 heterocycles. The number of fused-ring (bicyclic) bond motifs is 1. The Morgan fingerprint density at radius 1 is 1.29 bits per heavy atom. The molecule has 2 aliphatic rings. The standard InChI is InChI=1S/C16H16N2O3/c1-16(2)12-13(16)15(20)18(14(12)19)8-9-4-5-11(21-3)10(6-9)7-17/h4-6,12-13H,8H2,1-3H3. The average Bonchev–Trinajstić information content (AvgIpc) is 2.94. The maximum atomic E-state index is 12.3. The monoisotopic (exact) mass is 284 g/mol. The van der Waals surface area contributed by atoms with Crippen molar-refractivity contribution < 1.29 is 14.3 Å². The maximum Gasteiger partial charge on any atom is 0.233 e. The van der Waals surface area contributed by atoms with E-state index in [9.17, 15) is 9.59 Å². The number of piperidine rings is 1. The van der Waals surface area contributed by atoms with Gasteiger partial charge >= 0.3 is 0 Å². The molecule has 0 bridgehead atoms. The first-order chi connectivity index (χ1) is 9.91. The highest BCUT2D eigenvalue weighted by Gasteiger charge is 2.72.